The first kappa shape index (κ1) is 11.1. The predicted octanol–water partition coefficient (Wildman–Crippen LogP) is 2.21. The Kier molecular flexibility index (Phi) is 2.71. The molecule has 2 unspecified atom stereocenters. The van der Waals surface area contributed by atoms with Gasteiger partial charge in [-0.1, -0.05) is 19.1 Å². The molecule has 1 heterocycles. The van der Waals surface area contributed by atoms with Gasteiger partial charge in [-0.2, -0.15) is 0 Å². The maximum Gasteiger partial charge on any atom is 0.307 e. The van der Waals surface area contributed by atoms with Crippen molar-refractivity contribution in [2.24, 2.45) is 5.92 Å². The van der Waals surface area contributed by atoms with Crippen LogP contribution in [-0.4, -0.2) is 17.0 Å². The molecule has 4 nitrogen and oxygen atoms in total. The van der Waals surface area contributed by atoms with Crippen molar-refractivity contribution in [2.75, 3.05) is 5.32 Å². The summed E-state index contributed by atoms with van der Waals surface area (Å²) in [6.45, 7) is 1.54. The zero-order valence-corrected chi connectivity index (χ0v) is 10.1. The van der Waals surface area contributed by atoms with Crippen molar-refractivity contribution in [1.82, 2.24) is 0 Å². The number of hydrogen-bond donors (Lipinski definition) is 2. The first-order valence-corrected chi connectivity index (χ1v) is 5.63. The van der Waals surface area contributed by atoms with Crippen LogP contribution in [0.4, 0.5) is 5.69 Å². The Labute approximate surface area is 101 Å². The molecule has 1 aliphatic rings. The molecule has 5 heteroatoms. The summed E-state index contributed by atoms with van der Waals surface area (Å²) in [6, 6.07) is 5.39. The fourth-order valence-corrected chi connectivity index (χ4v) is 2.39. The Morgan fingerprint density at radius 3 is 2.88 bits per heavy atom. The third-order valence-electron chi connectivity index (χ3n) is 2.80. The maximum absolute atomic E-state index is 11.7. The van der Waals surface area contributed by atoms with Gasteiger partial charge in [0, 0.05) is 4.47 Å². The number of para-hydroxylation sites is 1. The van der Waals surface area contributed by atoms with E-state index in [0.717, 1.165) is 10.0 Å². The van der Waals surface area contributed by atoms with Gasteiger partial charge in [-0.3, -0.25) is 9.59 Å². The second-order valence-corrected chi connectivity index (χ2v) is 4.65. The number of halogens is 1. The second kappa shape index (κ2) is 3.90. The summed E-state index contributed by atoms with van der Waals surface area (Å²) < 4.78 is 0.776. The number of aliphatic carboxylic acids is 1. The summed E-state index contributed by atoms with van der Waals surface area (Å²) in [5, 5.41) is 11.7. The molecule has 0 fully saturated rings. The predicted molar refractivity (Wildman–Crippen MR) is 62.3 cm³/mol. The fraction of sp³-hybridized carbons (Fsp3) is 0.273. The lowest BCUT2D eigenvalue weighted by Crippen LogP contribution is -2.24. The molecule has 0 spiro atoms. The Hall–Kier alpha value is -1.36. The van der Waals surface area contributed by atoms with Crippen molar-refractivity contribution >= 4 is 33.5 Å². The van der Waals surface area contributed by atoms with Crippen LogP contribution in [0.25, 0.3) is 0 Å². The Balaban J connectivity index is 2.48. The van der Waals surface area contributed by atoms with Crippen LogP contribution in [-0.2, 0) is 9.59 Å². The number of fused-ring (bicyclic) bond motifs is 1. The summed E-state index contributed by atoms with van der Waals surface area (Å²) in [5.74, 6) is -2.55. The Bertz CT molecular complexity index is 472. The molecule has 84 valence electrons. The molecule has 0 saturated heterocycles. The molecular weight excluding hydrogens is 274 g/mol. The van der Waals surface area contributed by atoms with E-state index in [2.05, 4.69) is 21.2 Å². The van der Waals surface area contributed by atoms with Gasteiger partial charge in [0.1, 0.15) is 0 Å². The summed E-state index contributed by atoms with van der Waals surface area (Å²) in [5.41, 5.74) is 1.43. The quantitative estimate of drug-likeness (QED) is 0.875. The van der Waals surface area contributed by atoms with Gasteiger partial charge in [-0.25, -0.2) is 0 Å². The van der Waals surface area contributed by atoms with Gasteiger partial charge in [0.15, 0.2) is 0 Å². The molecule has 0 radical (unpaired) electrons. The number of rotatable bonds is 2. The van der Waals surface area contributed by atoms with Gasteiger partial charge in [0.05, 0.1) is 17.5 Å². The molecule has 16 heavy (non-hydrogen) atoms. The highest BCUT2D eigenvalue weighted by Crippen LogP contribution is 2.41. The Morgan fingerprint density at radius 2 is 2.25 bits per heavy atom. The van der Waals surface area contributed by atoms with E-state index in [1.54, 1.807) is 19.1 Å². The minimum absolute atomic E-state index is 0.253. The van der Waals surface area contributed by atoms with Gasteiger partial charge >= 0.3 is 5.97 Å². The number of carbonyl (C=O) groups is 2. The van der Waals surface area contributed by atoms with Crippen LogP contribution in [0.2, 0.25) is 0 Å². The van der Waals surface area contributed by atoms with Crippen LogP contribution in [0.3, 0.4) is 0 Å². The van der Waals surface area contributed by atoms with Crippen LogP contribution in [0.1, 0.15) is 18.4 Å². The van der Waals surface area contributed by atoms with E-state index in [-0.39, 0.29) is 5.91 Å². The molecule has 2 rings (SSSR count). The topological polar surface area (TPSA) is 66.4 Å². The van der Waals surface area contributed by atoms with Crippen molar-refractivity contribution in [3.8, 4) is 0 Å². The summed E-state index contributed by atoms with van der Waals surface area (Å²) in [4.78, 5) is 22.7. The highest BCUT2D eigenvalue weighted by atomic mass is 79.9. The molecule has 2 atom stereocenters. The van der Waals surface area contributed by atoms with Crippen LogP contribution in [0, 0.1) is 5.92 Å². The molecule has 1 aliphatic heterocycles. The fourth-order valence-electron chi connectivity index (χ4n) is 1.91. The molecule has 1 amide bonds. The molecule has 0 saturated carbocycles. The van der Waals surface area contributed by atoms with E-state index < -0.39 is 17.8 Å². The van der Waals surface area contributed by atoms with Crippen molar-refractivity contribution in [3.63, 3.8) is 0 Å². The SMILES string of the molecule is CC(C(=O)O)C1C(=O)Nc2c(Br)cccc21. The number of benzene rings is 1. The second-order valence-electron chi connectivity index (χ2n) is 3.80. The van der Waals surface area contributed by atoms with E-state index in [9.17, 15) is 9.59 Å². The minimum Gasteiger partial charge on any atom is -0.481 e. The standard InChI is InChI=1S/C11H10BrNO3/c1-5(11(15)16)8-6-3-2-4-7(12)9(6)13-10(8)14/h2-5,8H,1H3,(H,13,14)(H,15,16). The molecule has 1 aromatic rings. The normalized spacial score (nSPS) is 20.1. The highest BCUT2D eigenvalue weighted by Gasteiger charge is 2.38. The first-order chi connectivity index (χ1) is 7.52. The van der Waals surface area contributed by atoms with E-state index in [1.807, 2.05) is 6.07 Å². The van der Waals surface area contributed by atoms with E-state index >= 15 is 0 Å². The van der Waals surface area contributed by atoms with Gasteiger partial charge in [-0.15, -0.1) is 0 Å². The lowest BCUT2D eigenvalue weighted by Gasteiger charge is -2.13. The van der Waals surface area contributed by atoms with E-state index in [4.69, 9.17) is 5.11 Å². The third-order valence-corrected chi connectivity index (χ3v) is 3.46. The average molecular weight is 284 g/mol. The highest BCUT2D eigenvalue weighted by molar-refractivity contribution is 9.10. The molecule has 0 aliphatic carbocycles. The number of carbonyl (C=O) groups excluding carboxylic acids is 1. The van der Waals surface area contributed by atoms with Crippen LogP contribution >= 0.6 is 15.9 Å². The average Bonchev–Trinajstić information content (AvgIpc) is 2.55. The Morgan fingerprint density at radius 1 is 1.56 bits per heavy atom. The van der Waals surface area contributed by atoms with E-state index in [0.29, 0.717) is 5.69 Å². The van der Waals surface area contributed by atoms with Crippen molar-refractivity contribution < 1.29 is 14.7 Å². The van der Waals surface area contributed by atoms with Gasteiger partial charge in [0.25, 0.3) is 0 Å². The first-order valence-electron chi connectivity index (χ1n) is 4.84. The van der Waals surface area contributed by atoms with Gasteiger partial charge in [0.2, 0.25) is 5.91 Å². The number of carboxylic acid groups (broad SMARTS) is 1. The number of amides is 1. The minimum atomic E-state index is -0.965. The van der Waals surface area contributed by atoms with E-state index in [1.165, 1.54) is 0 Å². The number of carboxylic acids is 1. The molecule has 0 aromatic heterocycles. The van der Waals surface area contributed by atoms with Gasteiger partial charge in [-0.05, 0) is 27.6 Å². The monoisotopic (exact) mass is 283 g/mol. The maximum atomic E-state index is 11.7. The lowest BCUT2D eigenvalue weighted by atomic mass is 9.88. The number of nitrogens with one attached hydrogen (secondary N) is 1. The number of hydrogen-bond acceptors (Lipinski definition) is 2. The van der Waals surface area contributed by atoms with Crippen LogP contribution < -0.4 is 5.32 Å². The van der Waals surface area contributed by atoms with Crippen molar-refractivity contribution in [1.29, 1.82) is 0 Å². The largest absolute Gasteiger partial charge is 0.481 e. The smallest absolute Gasteiger partial charge is 0.307 e. The molecule has 1 aromatic carbocycles. The lowest BCUT2D eigenvalue weighted by molar-refractivity contribution is -0.143. The zero-order chi connectivity index (χ0) is 11.9. The van der Waals surface area contributed by atoms with Crippen molar-refractivity contribution in [2.45, 2.75) is 12.8 Å². The molecular formula is C11H10BrNO3. The summed E-state index contributed by atoms with van der Waals surface area (Å²) >= 11 is 3.33. The molecule has 0 bridgehead atoms. The van der Waals surface area contributed by atoms with Gasteiger partial charge < -0.3 is 10.4 Å². The third kappa shape index (κ3) is 1.61. The summed E-state index contributed by atoms with van der Waals surface area (Å²) in [6.07, 6.45) is 0. The molecule has 2 N–H and O–H groups in total. The van der Waals surface area contributed by atoms with Crippen LogP contribution in [0.15, 0.2) is 22.7 Å². The summed E-state index contributed by atoms with van der Waals surface area (Å²) in [7, 11) is 0. The van der Waals surface area contributed by atoms with Crippen molar-refractivity contribution in [3.05, 3.63) is 28.2 Å². The number of anilines is 1. The van der Waals surface area contributed by atoms with Crippen LogP contribution in [0.5, 0.6) is 0 Å². The zero-order valence-electron chi connectivity index (χ0n) is 8.53.